The topological polar surface area (TPSA) is 83.0 Å². The zero-order chi connectivity index (χ0) is 16.3. The number of pyridine rings is 1. The van der Waals surface area contributed by atoms with Crippen LogP contribution < -0.4 is 9.46 Å². The second kappa shape index (κ2) is 6.91. The Hall–Kier alpha value is -1.22. The number of ether oxygens (including phenoxy) is 1. The highest BCUT2D eigenvalue weighted by atomic mass is 32.2. The van der Waals surface area contributed by atoms with E-state index < -0.39 is 11.4 Å². The molecule has 0 aromatic carbocycles. The van der Waals surface area contributed by atoms with Crippen molar-refractivity contribution in [2.45, 2.75) is 38.5 Å². The van der Waals surface area contributed by atoms with E-state index in [-0.39, 0.29) is 10.8 Å². The molecule has 2 rings (SSSR count). The van der Waals surface area contributed by atoms with Gasteiger partial charge in [0.2, 0.25) is 5.88 Å². The second-order valence-corrected chi connectivity index (χ2v) is 8.55. The van der Waals surface area contributed by atoms with Crippen molar-refractivity contribution in [2.75, 3.05) is 7.11 Å². The van der Waals surface area contributed by atoms with E-state index >= 15 is 0 Å². The second-order valence-electron chi connectivity index (χ2n) is 5.76. The number of hydrogen-bond acceptors (Lipinski definition) is 7. The van der Waals surface area contributed by atoms with Gasteiger partial charge in [-0.1, -0.05) is 0 Å². The minimum absolute atomic E-state index is 0.130. The Morgan fingerprint density at radius 2 is 2.14 bits per heavy atom. The van der Waals surface area contributed by atoms with Gasteiger partial charge in [-0.3, -0.25) is 0 Å². The van der Waals surface area contributed by atoms with Crippen LogP contribution in [-0.2, 0) is 11.4 Å². The first kappa shape index (κ1) is 17.1. The molecule has 2 atom stereocenters. The smallest absolute Gasteiger partial charge is 0.213 e. The molecule has 0 amide bonds. The minimum Gasteiger partial charge on any atom is -0.598 e. The normalized spacial score (nSPS) is 14.6. The van der Waals surface area contributed by atoms with E-state index in [4.69, 9.17) is 4.74 Å². The van der Waals surface area contributed by atoms with Crippen molar-refractivity contribution < 1.29 is 9.29 Å². The maximum atomic E-state index is 12.1. The Morgan fingerprint density at radius 3 is 2.77 bits per heavy atom. The van der Waals surface area contributed by atoms with Crippen LogP contribution in [-0.4, -0.2) is 30.8 Å². The van der Waals surface area contributed by atoms with Gasteiger partial charge in [0, 0.05) is 29.2 Å². The highest BCUT2D eigenvalue weighted by Gasteiger charge is 2.29. The molecular formula is C14H20N4O2S2. The molecule has 8 heteroatoms. The van der Waals surface area contributed by atoms with Gasteiger partial charge in [-0.2, -0.15) is 4.37 Å². The van der Waals surface area contributed by atoms with Gasteiger partial charge in [-0.05, 0) is 45.3 Å². The zero-order valence-electron chi connectivity index (χ0n) is 13.3. The van der Waals surface area contributed by atoms with Crippen LogP contribution in [0.15, 0.2) is 18.3 Å². The van der Waals surface area contributed by atoms with Gasteiger partial charge < -0.3 is 9.29 Å². The molecule has 1 N–H and O–H groups in total. The SMILES string of the molecule is COc1cc(-c2nsc(C(C)N[S@+]([O-])C(C)(C)C)n2)ccn1. The molecule has 0 bridgehead atoms. The van der Waals surface area contributed by atoms with Gasteiger partial charge >= 0.3 is 0 Å². The van der Waals surface area contributed by atoms with Crippen LogP contribution in [0.5, 0.6) is 5.88 Å². The van der Waals surface area contributed by atoms with Gasteiger partial charge in [0.15, 0.2) is 5.82 Å². The lowest BCUT2D eigenvalue weighted by Gasteiger charge is -2.25. The molecule has 0 aliphatic rings. The van der Waals surface area contributed by atoms with E-state index in [0.29, 0.717) is 11.7 Å². The summed E-state index contributed by atoms with van der Waals surface area (Å²) in [4.78, 5) is 8.58. The van der Waals surface area contributed by atoms with Gasteiger partial charge in [0.1, 0.15) is 15.8 Å². The summed E-state index contributed by atoms with van der Waals surface area (Å²) in [7, 11) is 1.57. The fourth-order valence-electron chi connectivity index (χ4n) is 1.58. The predicted molar refractivity (Wildman–Crippen MR) is 89.1 cm³/mol. The average Bonchev–Trinajstić information content (AvgIpc) is 2.96. The van der Waals surface area contributed by atoms with Gasteiger partial charge in [0.05, 0.1) is 7.11 Å². The molecule has 2 aromatic rings. The van der Waals surface area contributed by atoms with Crippen molar-refractivity contribution in [2.24, 2.45) is 0 Å². The average molecular weight is 340 g/mol. The molecule has 0 aliphatic carbocycles. The number of nitrogens with zero attached hydrogens (tertiary/aromatic N) is 3. The lowest BCUT2D eigenvalue weighted by Crippen LogP contribution is -2.40. The first-order chi connectivity index (χ1) is 10.3. The van der Waals surface area contributed by atoms with Crippen LogP contribution in [0.1, 0.15) is 38.7 Å². The zero-order valence-corrected chi connectivity index (χ0v) is 14.9. The van der Waals surface area contributed by atoms with Crippen LogP contribution >= 0.6 is 11.5 Å². The first-order valence-corrected chi connectivity index (χ1v) is 8.75. The van der Waals surface area contributed by atoms with Crippen LogP contribution in [0.3, 0.4) is 0 Å². The number of methoxy groups -OCH3 is 1. The van der Waals surface area contributed by atoms with Crippen LogP contribution in [0, 0.1) is 0 Å². The van der Waals surface area contributed by atoms with Crippen LogP contribution in [0.2, 0.25) is 0 Å². The summed E-state index contributed by atoms with van der Waals surface area (Å²) < 4.78 is 24.4. The van der Waals surface area contributed by atoms with E-state index in [9.17, 15) is 4.55 Å². The quantitative estimate of drug-likeness (QED) is 0.843. The molecule has 22 heavy (non-hydrogen) atoms. The largest absolute Gasteiger partial charge is 0.598 e. The lowest BCUT2D eigenvalue weighted by molar-refractivity contribution is 0.398. The third-order valence-corrected chi connectivity index (χ3v) is 5.43. The Morgan fingerprint density at radius 1 is 1.41 bits per heavy atom. The van der Waals surface area contributed by atoms with E-state index in [1.165, 1.54) is 11.5 Å². The Labute approximate surface area is 137 Å². The van der Waals surface area contributed by atoms with Crippen LogP contribution in [0.25, 0.3) is 11.4 Å². The summed E-state index contributed by atoms with van der Waals surface area (Å²) in [5.41, 5.74) is 0.846. The van der Waals surface area contributed by atoms with Gasteiger partial charge in [-0.15, -0.1) is 4.72 Å². The fourth-order valence-corrected chi connectivity index (χ4v) is 3.11. The van der Waals surface area contributed by atoms with E-state index in [1.54, 1.807) is 19.4 Å². The van der Waals surface area contributed by atoms with Crippen molar-refractivity contribution in [1.82, 2.24) is 19.1 Å². The number of nitrogens with one attached hydrogen (secondary N) is 1. The number of hydrogen-bond donors (Lipinski definition) is 1. The maximum absolute atomic E-state index is 12.1. The minimum atomic E-state index is -1.15. The first-order valence-electron chi connectivity index (χ1n) is 6.83. The van der Waals surface area contributed by atoms with Crippen molar-refractivity contribution in [3.63, 3.8) is 0 Å². The van der Waals surface area contributed by atoms with Gasteiger partial charge in [0.25, 0.3) is 0 Å². The Bertz CT molecular complexity index is 627. The molecule has 120 valence electrons. The number of aromatic nitrogens is 3. The van der Waals surface area contributed by atoms with Crippen molar-refractivity contribution >= 4 is 22.9 Å². The highest BCUT2D eigenvalue weighted by Crippen LogP contribution is 2.25. The molecule has 2 aromatic heterocycles. The molecule has 0 spiro atoms. The van der Waals surface area contributed by atoms with Crippen LogP contribution in [0.4, 0.5) is 0 Å². The summed E-state index contributed by atoms with van der Waals surface area (Å²) in [6.45, 7) is 7.72. The van der Waals surface area contributed by atoms with Crippen molar-refractivity contribution in [1.29, 1.82) is 0 Å². The summed E-state index contributed by atoms with van der Waals surface area (Å²) in [6.07, 6.45) is 1.66. The molecule has 2 heterocycles. The standard InChI is InChI=1S/C14H20N4O2S2/c1-9(18-22(19)14(2,3)4)13-16-12(17-21-13)10-6-7-15-11(8-10)20-5/h6-9,18H,1-5H3/t9?,22-/m1/s1. The Balaban J connectivity index is 2.13. The molecule has 0 saturated carbocycles. The maximum Gasteiger partial charge on any atom is 0.213 e. The third kappa shape index (κ3) is 4.16. The van der Waals surface area contributed by atoms with Crippen molar-refractivity contribution in [3.8, 4) is 17.3 Å². The Kier molecular flexibility index (Phi) is 5.38. The fraction of sp³-hybridized carbons (Fsp3) is 0.500. The van der Waals surface area contributed by atoms with Gasteiger partial charge in [-0.25, -0.2) is 9.97 Å². The predicted octanol–water partition coefficient (Wildman–Crippen LogP) is 2.72. The summed E-state index contributed by atoms with van der Waals surface area (Å²) in [6, 6.07) is 3.49. The molecule has 1 unspecified atom stereocenters. The van der Waals surface area contributed by atoms with Crippen molar-refractivity contribution in [3.05, 3.63) is 23.3 Å². The molecular weight excluding hydrogens is 320 g/mol. The summed E-state index contributed by atoms with van der Waals surface area (Å²) in [5, 5.41) is 0.795. The lowest BCUT2D eigenvalue weighted by atomic mass is 10.2. The molecule has 0 saturated heterocycles. The van der Waals surface area contributed by atoms with E-state index in [2.05, 4.69) is 19.1 Å². The highest BCUT2D eigenvalue weighted by molar-refractivity contribution is 7.90. The number of rotatable bonds is 5. The third-order valence-electron chi connectivity index (χ3n) is 2.85. The summed E-state index contributed by atoms with van der Waals surface area (Å²) >= 11 is 0.150. The molecule has 0 aliphatic heterocycles. The van der Waals surface area contributed by atoms with E-state index in [1.807, 2.05) is 33.8 Å². The monoisotopic (exact) mass is 340 g/mol. The molecule has 6 nitrogen and oxygen atoms in total. The van der Waals surface area contributed by atoms with E-state index in [0.717, 1.165) is 10.6 Å². The molecule has 0 radical (unpaired) electrons. The summed E-state index contributed by atoms with van der Waals surface area (Å²) in [5.74, 6) is 1.14. The molecule has 0 fully saturated rings.